The van der Waals surface area contributed by atoms with E-state index in [0.717, 1.165) is 45.0 Å². The fraction of sp³-hybridized carbons (Fsp3) is 0.619. The van der Waals surface area contributed by atoms with Crippen LogP contribution in [0.25, 0.3) is 0 Å². The minimum Gasteiger partial charge on any atom is -0.466 e. The third-order valence-corrected chi connectivity index (χ3v) is 4.93. The molecule has 1 fully saturated rings. The van der Waals surface area contributed by atoms with Crippen LogP contribution in [-0.4, -0.2) is 49.6 Å². The highest BCUT2D eigenvalue weighted by atomic mass is 16.5. The maximum atomic E-state index is 11.9. The van der Waals surface area contributed by atoms with Gasteiger partial charge in [0.05, 0.1) is 19.1 Å². The van der Waals surface area contributed by atoms with E-state index >= 15 is 0 Å². The summed E-state index contributed by atoms with van der Waals surface area (Å²) >= 11 is 0. The van der Waals surface area contributed by atoms with E-state index in [0.29, 0.717) is 6.61 Å². The topological polar surface area (TPSA) is 53.9 Å². The number of aliphatic imine (C=N–C) groups is 1. The lowest BCUT2D eigenvalue weighted by molar-refractivity contribution is -0.149. The van der Waals surface area contributed by atoms with Gasteiger partial charge in [0.25, 0.3) is 0 Å². The number of piperidine rings is 1. The van der Waals surface area contributed by atoms with E-state index in [-0.39, 0.29) is 17.3 Å². The Morgan fingerprint density at radius 2 is 1.88 bits per heavy atom. The van der Waals surface area contributed by atoms with Gasteiger partial charge in [-0.15, -0.1) is 0 Å². The molecule has 0 aliphatic carbocycles. The van der Waals surface area contributed by atoms with Gasteiger partial charge in [-0.05, 0) is 32.3 Å². The van der Waals surface area contributed by atoms with Crippen molar-refractivity contribution in [3.63, 3.8) is 0 Å². The molecule has 0 radical (unpaired) electrons. The Morgan fingerprint density at radius 1 is 1.23 bits per heavy atom. The number of rotatable bonds is 6. The minimum atomic E-state index is -0.0562. The molecule has 5 heteroatoms. The molecule has 5 nitrogen and oxygen atoms in total. The highest BCUT2D eigenvalue weighted by Gasteiger charge is 2.28. The Hall–Kier alpha value is -2.04. The molecule has 2 rings (SSSR count). The first-order chi connectivity index (χ1) is 12.5. The number of hydrogen-bond donors (Lipinski definition) is 1. The molecule has 1 aromatic carbocycles. The second kappa shape index (κ2) is 9.60. The minimum absolute atomic E-state index is 0.0226. The monoisotopic (exact) mass is 359 g/mol. The molecular weight excluding hydrogens is 326 g/mol. The van der Waals surface area contributed by atoms with Gasteiger partial charge in [0.1, 0.15) is 0 Å². The van der Waals surface area contributed by atoms with E-state index < -0.39 is 0 Å². The van der Waals surface area contributed by atoms with Gasteiger partial charge >= 0.3 is 5.97 Å². The number of benzene rings is 1. The SMILES string of the molecule is CCNC(=NCC(C)(C)c1ccccc1)N1CCC(C(=O)OCC)CC1. The van der Waals surface area contributed by atoms with Crippen LogP contribution in [0.15, 0.2) is 35.3 Å². The van der Waals surface area contributed by atoms with E-state index in [1.807, 2.05) is 13.0 Å². The van der Waals surface area contributed by atoms with E-state index in [1.54, 1.807) is 0 Å². The van der Waals surface area contributed by atoms with E-state index in [2.05, 4.69) is 55.3 Å². The quantitative estimate of drug-likeness (QED) is 0.481. The summed E-state index contributed by atoms with van der Waals surface area (Å²) in [6.07, 6.45) is 1.65. The molecule has 0 bridgehead atoms. The van der Waals surface area contributed by atoms with Crippen molar-refractivity contribution in [2.24, 2.45) is 10.9 Å². The fourth-order valence-electron chi connectivity index (χ4n) is 3.27. The van der Waals surface area contributed by atoms with Crippen molar-refractivity contribution >= 4 is 11.9 Å². The molecule has 1 aliphatic heterocycles. The van der Waals surface area contributed by atoms with E-state index in [1.165, 1.54) is 5.56 Å². The number of carbonyl (C=O) groups is 1. The lowest BCUT2D eigenvalue weighted by Gasteiger charge is -2.34. The molecule has 1 aromatic rings. The Bertz CT molecular complexity index is 591. The van der Waals surface area contributed by atoms with Gasteiger partial charge in [-0.2, -0.15) is 0 Å². The summed E-state index contributed by atoms with van der Waals surface area (Å²) in [5, 5.41) is 3.41. The van der Waals surface area contributed by atoms with Crippen molar-refractivity contribution in [1.82, 2.24) is 10.2 Å². The summed E-state index contributed by atoms with van der Waals surface area (Å²) in [5.74, 6) is 0.910. The molecule has 0 amide bonds. The summed E-state index contributed by atoms with van der Waals surface area (Å²) in [4.78, 5) is 19.1. The average molecular weight is 360 g/mol. The maximum Gasteiger partial charge on any atom is 0.309 e. The van der Waals surface area contributed by atoms with Crippen molar-refractivity contribution in [3.8, 4) is 0 Å². The number of nitrogens with zero attached hydrogens (tertiary/aromatic N) is 2. The van der Waals surface area contributed by atoms with Crippen molar-refractivity contribution in [2.45, 2.75) is 46.0 Å². The van der Waals surface area contributed by atoms with Crippen molar-refractivity contribution < 1.29 is 9.53 Å². The molecule has 0 aromatic heterocycles. The molecule has 1 N–H and O–H groups in total. The Kier molecular flexibility index (Phi) is 7.49. The molecule has 26 heavy (non-hydrogen) atoms. The molecule has 1 saturated heterocycles. The summed E-state index contributed by atoms with van der Waals surface area (Å²) in [6, 6.07) is 10.5. The van der Waals surface area contributed by atoms with Crippen molar-refractivity contribution in [3.05, 3.63) is 35.9 Å². The van der Waals surface area contributed by atoms with Crippen LogP contribution >= 0.6 is 0 Å². The van der Waals surface area contributed by atoms with Gasteiger partial charge in [-0.3, -0.25) is 9.79 Å². The van der Waals surface area contributed by atoms with E-state index in [4.69, 9.17) is 9.73 Å². The number of ether oxygens (including phenoxy) is 1. The van der Waals surface area contributed by atoms with Crippen LogP contribution in [-0.2, 0) is 14.9 Å². The van der Waals surface area contributed by atoms with Crippen LogP contribution in [0.1, 0.15) is 46.1 Å². The first-order valence-corrected chi connectivity index (χ1v) is 9.73. The number of esters is 1. The zero-order valence-electron chi connectivity index (χ0n) is 16.6. The molecule has 0 unspecified atom stereocenters. The molecule has 0 spiro atoms. The van der Waals surface area contributed by atoms with Crippen molar-refractivity contribution in [1.29, 1.82) is 0 Å². The van der Waals surface area contributed by atoms with Gasteiger partial charge in [0, 0.05) is 25.0 Å². The maximum absolute atomic E-state index is 11.9. The summed E-state index contributed by atoms with van der Waals surface area (Å²) in [5.41, 5.74) is 1.27. The van der Waals surface area contributed by atoms with Gasteiger partial charge in [0.2, 0.25) is 0 Å². The van der Waals surface area contributed by atoms with Gasteiger partial charge in [-0.1, -0.05) is 44.2 Å². The summed E-state index contributed by atoms with van der Waals surface area (Å²) in [7, 11) is 0. The highest BCUT2D eigenvalue weighted by molar-refractivity contribution is 5.80. The average Bonchev–Trinajstić information content (AvgIpc) is 2.66. The second-order valence-electron chi connectivity index (χ2n) is 7.43. The van der Waals surface area contributed by atoms with Crippen LogP contribution < -0.4 is 5.32 Å². The predicted octanol–water partition coefficient (Wildman–Crippen LogP) is 3.20. The Balaban J connectivity index is 2.00. The second-order valence-corrected chi connectivity index (χ2v) is 7.43. The highest BCUT2D eigenvalue weighted by Crippen LogP contribution is 2.24. The first-order valence-electron chi connectivity index (χ1n) is 9.73. The van der Waals surface area contributed by atoms with Crippen LogP contribution in [0.2, 0.25) is 0 Å². The Labute approximate surface area is 157 Å². The number of carbonyl (C=O) groups excluding carboxylic acids is 1. The van der Waals surface area contributed by atoms with Crippen LogP contribution in [0.4, 0.5) is 0 Å². The summed E-state index contributed by atoms with van der Waals surface area (Å²) in [6.45, 7) is 12.1. The van der Waals surface area contributed by atoms with E-state index in [9.17, 15) is 4.79 Å². The van der Waals surface area contributed by atoms with Gasteiger partial charge in [0.15, 0.2) is 5.96 Å². The lowest BCUT2D eigenvalue weighted by atomic mass is 9.85. The van der Waals surface area contributed by atoms with Gasteiger partial charge in [-0.25, -0.2) is 0 Å². The first kappa shape index (κ1) is 20.3. The molecular formula is C21H33N3O2. The largest absolute Gasteiger partial charge is 0.466 e. The predicted molar refractivity (Wildman–Crippen MR) is 106 cm³/mol. The zero-order valence-corrected chi connectivity index (χ0v) is 16.6. The van der Waals surface area contributed by atoms with Crippen LogP contribution in [0, 0.1) is 5.92 Å². The third-order valence-electron chi connectivity index (χ3n) is 4.93. The number of likely N-dealkylation sites (tertiary alicyclic amines) is 1. The smallest absolute Gasteiger partial charge is 0.309 e. The van der Waals surface area contributed by atoms with Crippen molar-refractivity contribution in [2.75, 3.05) is 32.8 Å². The zero-order chi connectivity index (χ0) is 19.0. The number of nitrogens with one attached hydrogen (secondary N) is 1. The molecule has 0 atom stereocenters. The number of hydrogen-bond acceptors (Lipinski definition) is 3. The lowest BCUT2D eigenvalue weighted by Crippen LogP contribution is -2.47. The Morgan fingerprint density at radius 3 is 2.46 bits per heavy atom. The fourth-order valence-corrected chi connectivity index (χ4v) is 3.27. The number of guanidine groups is 1. The molecule has 1 heterocycles. The summed E-state index contributed by atoms with van der Waals surface area (Å²) < 4.78 is 5.16. The van der Waals surface area contributed by atoms with Crippen LogP contribution in [0.3, 0.4) is 0 Å². The molecule has 144 valence electrons. The van der Waals surface area contributed by atoms with Crippen LogP contribution in [0.5, 0.6) is 0 Å². The normalized spacial score (nSPS) is 16.5. The van der Waals surface area contributed by atoms with Gasteiger partial charge < -0.3 is 15.0 Å². The standard InChI is InChI=1S/C21H33N3O2/c1-5-22-20(23-16-21(3,4)18-10-8-7-9-11-18)24-14-12-17(13-15-24)19(25)26-6-2/h7-11,17H,5-6,12-16H2,1-4H3,(H,22,23). The molecule has 1 aliphatic rings. The molecule has 0 saturated carbocycles. The third kappa shape index (κ3) is 5.48.